The van der Waals surface area contributed by atoms with Gasteiger partial charge in [0.25, 0.3) is 0 Å². The molecule has 0 N–H and O–H groups in total. The SMILES string of the molecule is COCCOc1ccc2cc(C34C=CCC(CC3)N4C)ccc2c1. The molecule has 2 aliphatic heterocycles. The number of ether oxygens (including phenoxy) is 2. The summed E-state index contributed by atoms with van der Waals surface area (Å²) in [5, 5.41) is 2.50. The average molecular weight is 323 g/mol. The Morgan fingerprint density at radius 3 is 2.83 bits per heavy atom. The molecule has 0 aromatic heterocycles. The number of likely N-dealkylation sites (N-methyl/N-ethyl adjacent to an activating group) is 1. The molecule has 0 aliphatic carbocycles. The minimum atomic E-state index is 0.0880. The van der Waals surface area contributed by atoms with Gasteiger partial charge in [0.1, 0.15) is 12.4 Å². The third-order valence-electron chi connectivity index (χ3n) is 5.71. The summed E-state index contributed by atoms with van der Waals surface area (Å²) in [5.74, 6) is 0.904. The number of rotatable bonds is 5. The molecule has 1 fully saturated rings. The molecular formula is C21H25NO2. The second-order valence-corrected chi connectivity index (χ2v) is 6.93. The van der Waals surface area contributed by atoms with Crippen LogP contribution in [0.4, 0.5) is 0 Å². The molecule has 2 atom stereocenters. The van der Waals surface area contributed by atoms with Gasteiger partial charge in [-0.15, -0.1) is 0 Å². The normalized spacial score (nSPS) is 26.2. The molecule has 2 aromatic rings. The Kier molecular flexibility index (Phi) is 4.07. The molecule has 0 saturated carbocycles. The molecule has 0 spiro atoms. The standard InChI is InChI=1S/C21H25NO2/c1-22-19-4-3-10-21(22,11-9-19)18-7-5-17-15-20(24-13-12-23-2)8-6-16(17)14-18/h3,5-8,10,14-15,19H,4,9,11-13H2,1-2H3. The average Bonchev–Trinajstić information content (AvgIpc) is 2.80. The zero-order valence-electron chi connectivity index (χ0n) is 14.5. The van der Waals surface area contributed by atoms with Gasteiger partial charge in [0.2, 0.25) is 0 Å². The van der Waals surface area contributed by atoms with Crippen molar-refractivity contribution in [2.45, 2.75) is 30.8 Å². The van der Waals surface area contributed by atoms with Crippen molar-refractivity contribution in [3.05, 3.63) is 54.1 Å². The lowest BCUT2D eigenvalue weighted by molar-refractivity contribution is 0.146. The van der Waals surface area contributed by atoms with Crippen LogP contribution in [0.5, 0.6) is 5.75 Å². The van der Waals surface area contributed by atoms with Gasteiger partial charge in [-0.1, -0.05) is 30.4 Å². The first kappa shape index (κ1) is 15.7. The molecule has 2 bridgehead atoms. The first-order chi connectivity index (χ1) is 11.7. The van der Waals surface area contributed by atoms with E-state index in [2.05, 4.69) is 60.5 Å². The van der Waals surface area contributed by atoms with Crippen LogP contribution in [0.25, 0.3) is 10.8 Å². The molecule has 2 aromatic carbocycles. The maximum atomic E-state index is 5.72. The van der Waals surface area contributed by atoms with Gasteiger partial charge < -0.3 is 9.47 Å². The van der Waals surface area contributed by atoms with Crippen LogP contribution in [-0.4, -0.2) is 38.3 Å². The zero-order chi connectivity index (χ0) is 16.6. The Morgan fingerprint density at radius 2 is 1.96 bits per heavy atom. The number of nitrogens with zero attached hydrogens (tertiary/aromatic N) is 1. The van der Waals surface area contributed by atoms with Crippen LogP contribution >= 0.6 is 0 Å². The first-order valence-corrected chi connectivity index (χ1v) is 8.80. The maximum Gasteiger partial charge on any atom is 0.120 e. The van der Waals surface area contributed by atoms with Gasteiger partial charge in [-0.25, -0.2) is 0 Å². The summed E-state index contributed by atoms with van der Waals surface area (Å²) < 4.78 is 10.8. The van der Waals surface area contributed by atoms with Gasteiger partial charge in [-0.2, -0.15) is 0 Å². The molecule has 24 heavy (non-hydrogen) atoms. The number of fused-ring (bicyclic) bond motifs is 3. The molecule has 2 unspecified atom stereocenters. The van der Waals surface area contributed by atoms with Crippen molar-refractivity contribution in [2.75, 3.05) is 27.4 Å². The fraction of sp³-hybridized carbons (Fsp3) is 0.429. The first-order valence-electron chi connectivity index (χ1n) is 8.80. The summed E-state index contributed by atoms with van der Waals surface area (Å²) in [6.07, 6.45) is 8.48. The highest BCUT2D eigenvalue weighted by atomic mass is 16.5. The van der Waals surface area contributed by atoms with E-state index < -0.39 is 0 Å². The predicted octanol–water partition coefficient (Wildman–Crippen LogP) is 4.11. The second-order valence-electron chi connectivity index (χ2n) is 6.93. The highest BCUT2D eigenvalue weighted by Gasteiger charge is 2.45. The summed E-state index contributed by atoms with van der Waals surface area (Å²) >= 11 is 0. The Balaban J connectivity index is 1.65. The van der Waals surface area contributed by atoms with Crippen LogP contribution in [-0.2, 0) is 10.3 Å². The fourth-order valence-corrected chi connectivity index (χ4v) is 4.25. The minimum Gasteiger partial charge on any atom is -0.491 e. The van der Waals surface area contributed by atoms with E-state index in [1.165, 1.54) is 35.6 Å². The van der Waals surface area contributed by atoms with E-state index in [4.69, 9.17) is 9.47 Å². The summed E-state index contributed by atoms with van der Waals surface area (Å²) in [5.41, 5.74) is 1.49. The number of hydrogen-bond donors (Lipinski definition) is 0. The molecule has 126 valence electrons. The summed E-state index contributed by atoms with van der Waals surface area (Å²) in [7, 11) is 3.97. The lowest BCUT2D eigenvalue weighted by Crippen LogP contribution is -2.42. The quantitative estimate of drug-likeness (QED) is 0.610. The third kappa shape index (κ3) is 2.52. The molecule has 2 aliphatic rings. The monoisotopic (exact) mass is 323 g/mol. The van der Waals surface area contributed by atoms with E-state index in [1.54, 1.807) is 7.11 Å². The smallest absolute Gasteiger partial charge is 0.120 e. The van der Waals surface area contributed by atoms with E-state index in [0.717, 1.165) is 5.75 Å². The lowest BCUT2D eigenvalue weighted by Gasteiger charge is -2.39. The van der Waals surface area contributed by atoms with Crippen LogP contribution in [0.15, 0.2) is 48.6 Å². The van der Waals surface area contributed by atoms with Crippen molar-refractivity contribution in [3.63, 3.8) is 0 Å². The lowest BCUT2D eigenvalue weighted by atomic mass is 9.85. The van der Waals surface area contributed by atoms with Crippen molar-refractivity contribution in [1.82, 2.24) is 4.90 Å². The Labute approximate surface area is 143 Å². The summed E-state index contributed by atoms with van der Waals surface area (Å²) in [4.78, 5) is 2.57. The van der Waals surface area contributed by atoms with Crippen molar-refractivity contribution in [3.8, 4) is 5.75 Å². The molecule has 3 heteroatoms. The van der Waals surface area contributed by atoms with Crippen LogP contribution in [0.3, 0.4) is 0 Å². The second kappa shape index (κ2) is 6.23. The van der Waals surface area contributed by atoms with Crippen LogP contribution < -0.4 is 4.74 Å². The maximum absolute atomic E-state index is 5.72. The topological polar surface area (TPSA) is 21.7 Å². The molecule has 1 saturated heterocycles. The molecule has 0 amide bonds. The van der Waals surface area contributed by atoms with E-state index >= 15 is 0 Å². The number of hydrogen-bond acceptors (Lipinski definition) is 3. The van der Waals surface area contributed by atoms with E-state index in [9.17, 15) is 0 Å². The van der Waals surface area contributed by atoms with Crippen molar-refractivity contribution in [1.29, 1.82) is 0 Å². The van der Waals surface area contributed by atoms with E-state index in [-0.39, 0.29) is 5.54 Å². The predicted molar refractivity (Wildman–Crippen MR) is 97.5 cm³/mol. The zero-order valence-corrected chi connectivity index (χ0v) is 14.5. The van der Waals surface area contributed by atoms with Crippen molar-refractivity contribution in [2.24, 2.45) is 0 Å². The number of benzene rings is 2. The van der Waals surface area contributed by atoms with Crippen LogP contribution in [0.2, 0.25) is 0 Å². The van der Waals surface area contributed by atoms with Gasteiger partial charge in [-0.05, 0) is 60.8 Å². The Hall–Kier alpha value is -1.84. The molecule has 4 rings (SSSR count). The largest absolute Gasteiger partial charge is 0.491 e. The highest BCUT2D eigenvalue weighted by molar-refractivity contribution is 5.85. The van der Waals surface area contributed by atoms with Crippen molar-refractivity contribution >= 4 is 10.8 Å². The van der Waals surface area contributed by atoms with Gasteiger partial charge in [0.05, 0.1) is 12.1 Å². The van der Waals surface area contributed by atoms with E-state index in [0.29, 0.717) is 19.3 Å². The summed E-state index contributed by atoms with van der Waals surface area (Å²) in [6, 6.07) is 13.9. The molecular weight excluding hydrogens is 298 g/mol. The molecule has 3 nitrogen and oxygen atoms in total. The fourth-order valence-electron chi connectivity index (χ4n) is 4.25. The van der Waals surface area contributed by atoms with Gasteiger partial charge in [-0.3, -0.25) is 4.90 Å². The van der Waals surface area contributed by atoms with Crippen LogP contribution in [0, 0.1) is 0 Å². The van der Waals surface area contributed by atoms with Crippen LogP contribution in [0.1, 0.15) is 24.8 Å². The Bertz CT molecular complexity index is 770. The Morgan fingerprint density at radius 1 is 1.12 bits per heavy atom. The van der Waals surface area contributed by atoms with Gasteiger partial charge >= 0.3 is 0 Å². The van der Waals surface area contributed by atoms with Gasteiger partial charge in [0, 0.05) is 13.2 Å². The summed E-state index contributed by atoms with van der Waals surface area (Å²) in [6.45, 7) is 1.19. The molecule has 2 heterocycles. The van der Waals surface area contributed by atoms with Gasteiger partial charge in [0.15, 0.2) is 0 Å². The third-order valence-corrected chi connectivity index (χ3v) is 5.71. The number of methoxy groups -OCH3 is 1. The highest BCUT2D eigenvalue weighted by Crippen LogP contribution is 2.46. The minimum absolute atomic E-state index is 0.0880. The van der Waals surface area contributed by atoms with E-state index in [1.807, 2.05) is 0 Å². The van der Waals surface area contributed by atoms with Crippen molar-refractivity contribution < 1.29 is 9.47 Å². The molecule has 0 radical (unpaired) electrons.